The summed E-state index contributed by atoms with van der Waals surface area (Å²) < 4.78 is 1.08. The van der Waals surface area contributed by atoms with Gasteiger partial charge >= 0.3 is 0 Å². The lowest BCUT2D eigenvalue weighted by Crippen LogP contribution is -2.30. The van der Waals surface area contributed by atoms with Crippen molar-refractivity contribution in [3.8, 4) is 0 Å². The van der Waals surface area contributed by atoms with Gasteiger partial charge in [-0.1, -0.05) is 39.0 Å². The van der Waals surface area contributed by atoms with E-state index >= 15 is 0 Å². The van der Waals surface area contributed by atoms with E-state index in [-0.39, 0.29) is 22.9 Å². The number of carbonyl (C=O) groups is 2. The van der Waals surface area contributed by atoms with E-state index in [1.807, 2.05) is 53.9 Å². The maximum absolute atomic E-state index is 12.9. The molecule has 0 atom stereocenters. The largest absolute Gasteiger partial charge is 0.321 e. The molecule has 0 aliphatic rings. The number of nitrogens with one attached hydrogen (secondary N) is 2. The quantitative estimate of drug-likeness (QED) is 0.311. The Morgan fingerprint density at radius 1 is 0.967 bits per heavy atom. The highest BCUT2D eigenvalue weighted by Gasteiger charge is 2.17. The van der Waals surface area contributed by atoms with E-state index in [9.17, 15) is 9.59 Å². The first-order valence-corrected chi connectivity index (χ1v) is 11.4. The number of hydrogen-bond donors (Lipinski definition) is 2. The summed E-state index contributed by atoms with van der Waals surface area (Å²) in [6.45, 7) is 6.37. The van der Waals surface area contributed by atoms with Crippen LogP contribution in [-0.2, 0) is 10.2 Å². The molecule has 0 bridgehead atoms. The van der Waals surface area contributed by atoms with Crippen molar-refractivity contribution in [2.45, 2.75) is 26.2 Å². The van der Waals surface area contributed by atoms with E-state index in [0.717, 1.165) is 14.0 Å². The zero-order valence-corrected chi connectivity index (χ0v) is 20.0. The molecule has 2 aromatic carbocycles. The fourth-order valence-corrected chi connectivity index (χ4v) is 3.74. The van der Waals surface area contributed by atoms with Crippen molar-refractivity contribution in [3.63, 3.8) is 0 Å². The second-order valence-electron chi connectivity index (χ2n) is 7.82. The fourth-order valence-electron chi connectivity index (χ4n) is 2.72. The van der Waals surface area contributed by atoms with Gasteiger partial charge in [-0.25, -0.2) is 0 Å². The molecule has 0 saturated heterocycles. The normalized spacial score (nSPS) is 11.8. The number of hydrogen-bond acceptors (Lipinski definition) is 3. The van der Waals surface area contributed by atoms with Gasteiger partial charge in [0.2, 0.25) is 0 Å². The van der Waals surface area contributed by atoms with E-state index in [4.69, 9.17) is 0 Å². The molecule has 0 aliphatic heterocycles. The van der Waals surface area contributed by atoms with Crippen LogP contribution in [0.3, 0.4) is 0 Å². The van der Waals surface area contributed by atoms with Gasteiger partial charge in [-0.3, -0.25) is 9.59 Å². The van der Waals surface area contributed by atoms with E-state index in [2.05, 4.69) is 54.0 Å². The third kappa shape index (κ3) is 6.03. The van der Waals surface area contributed by atoms with Crippen molar-refractivity contribution in [1.82, 2.24) is 5.32 Å². The van der Waals surface area contributed by atoms with Crippen LogP contribution in [0.5, 0.6) is 0 Å². The minimum atomic E-state index is -0.371. The van der Waals surface area contributed by atoms with Crippen LogP contribution in [0.25, 0.3) is 6.08 Å². The molecule has 6 heteroatoms. The zero-order chi connectivity index (χ0) is 21.7. The smallest absolute Gasteiger partial charge is 0.272 e. The first-order chi connectivity index (χ1) is 14.2. The standard InChI is InChI=1S/C24H23IN2O2S/c1-24(2,3)17-8-6-16(7-9-17)22(28)27-21(15-20-5-4-14-30-20)23(29)26-19-12-10-18(25)11-13-19/h4-15H,1-3H3,(H,26,29)(H,27,28). The molecule has 2 amide bonds. The molecule has 0 unspecified atom stereocenters. The third-order valence-electron chi connectivity index (χ3n) is 4.44. The lowest BCUT2D eigenvalue weighted by molar-refractivity contribution is -0.113. The van der Waals surface area contributed by atoms with Crippen molar-refractivity contribution in [2.75, 3.05) is 5.32 Å². The summed E-state index contributed by atoms with van der Waals surface area (Å²) in [5.41, 5.74) is 2.52. The Balaban J connectivity index is 1.81. The lowest BCUT2D eigenvalue weighted by atomic mass is 9.87. The van der Waals surface area contributed by atoms with Gasteiger partial charge in [-0.15, -0.1) is 11.3 Å². The van der Waals surface area contributed by atoms with Gasteiger partial charge in [0.05, 0.1) is 0 Å². The Hall–Kier alpha value is -2.45. The van der Waals surface area contributed by atoms with E-state index in [0.29, 0.717) is 11.3 Å². The summed E-state index contributed by atoms with van der Waals surface area (Å²) in [6.07, 6.45) is 1.69. The Morgan fingerprint density at radius 2 is 1.63 bits per heavy atom. The first kappa shape index (κ1) is 22.2. The van der Waals surface area contributed by atoms with Crippen LogP contribution in [0, 0.1) is 3.57 Å². The second-order valence-corrected chi connectivity index (χ2v) is 10.0. The number of rotatable bonds is 5. The summed E-state index contributed by atoms with van der Waals surface area (Å²) in [6, 6.07) is 18.7. The van der Waals surface area contributed by atoms with Crippen LogP contribution in [0.15, 0.2) is 71.7 Å². The number of carbonyl (C=O) groups excluding carboxylic acids is 2. The Morgan fingerprint density at radius 3 is 2.20 bits per heavy atom. The molecule has 3 rings (SSSR count). The van der Waals surface area contributed by atoms with Gasteiger partial charge in [0.25, 0.3) is 11.8 Å². The average molecular weight is 530 g/mol. The molecule has 0 fully saturated rings. The molecule has 0 spiro atoms. The highest BCUT2D eigenvalue weighted by atomic mass is 127. The van der Waals surface area contributed by atoms with Crippen LogP contribution in [-0.4, -0.2) is 11.8 Å². The number of anilines is 1. The second kappa shape index (κ2) is 9.57. The Kier molecular flexibility index (Phi) is 7.10. The zero-order valence-electron chi connectivity index (χ0n) is 17.0. The molecule has 154 valence electrons. The summed E-state index contributed by atoms with van der Waals surface area (Å²) in [7, 11) is 0. The van der Waals surface area contributed by atoms with Crippen molar-refractivity contribution < 1.29 is 9.59 Å². The maximum Gasteiger partial charge on any atom is 0.272 e. The predicted octanol–water partition coefficient (Wildman–Crippen LogP) is 6.06. The van der Waals surface area contributed by atoms with Gasteiger partial charge in [0.15, 0.2) is 0 Å². The van der Waals surface area contributed by atoms with Crippen LogP contribution in [0.2, 0.25) is 0 Å². The molecule has 1 heterocycles. The van der Waals surface area contributed by atoms with Gasteiger partial charge in [0, 0.05) is 19.7 Å². The van der Waals surface area contributed by atoms with Crippen molar-refractivity contribution >= 4 is 57.5 Å². The topological polar surface area (TPSA) is 58.2 Å². The molecule has 0 aliphatic carbocycles. The minimum Gasteiger partial charge on any atom is -0.321 e. The monoisotopic (exact) mass is 530 g/mol. The van der Waals surface area contributed by atoms with Crippen LogP contribution < -0.4 is 10.6 Å². The van der Waals surface area contributed by atoms with Crippen molar-refractivity contribution in [1.29, 1.82) is 0 Å². The summed E-state index contributed by atoms with van der Waals surface area (Å²) in [5, 5.41) is 7.55. The summed E-state index contributed by atoms with van der Waals surface area (Å²) in [4.78, 5) is 26.6. The molecular weight excluding hydrogens is 507 g/mol. The van der Waals surface area contributed by atoms with Crippen LogP contribution >= 0.6 is 33.9 Å². The molecule has 1 aromatic heterocycles. The molecule has 0 saturated carbocycles. The van der Waals surface area contributed by atoms with Crippen LogP contribution in [0.4, 0.5) is 5.69 Å². The number of thiophene rings is 1. The highest BCUT2D eigenvalue weighted by Crippen LogP contribution is 2.22. The van der Waals surface area contributed by atoms with Crippen molar-refractivity contribution in [3.05, 3.63) is 91.3 Å². The fraction of sp³-hybridized carbons (Fsp3) is 0.167. The van der Waals surface area contributed by atoms with Crippen molar-refractivity contribution in [2.24, 2.45) is 0 Å². The van der Waals surface area contributed by atoms with Gasteiger partial charge in [-0.05, 0) is 87.5 Å². The van der Waals surface area contributed by atoms with Gasteiger partial charge in [-0.2, -0.15) is 0 Å². The van der Waals surface area contributed by atoms with E-state index in [1.165, 1.54) is 11.3 Å². The number of halogens is 1. The number of amides is 2. The summed E-state index contributed by atoms with van der Waals surface area (Å²) >= 11 is 3.70. The molecular formula is C24H23IN2O2S. The maximum atomic E-state index is 12.9. The minimum absolute atomic E-state index is 0.00657. The molecule has 4 nitrogen and oxygen atoms in total. The molecule has 3 aromatic rings. The molecule has 0 radical (unpaired) electrons. The highest BCUT2D eigenvalue weighted by molar-refractivity contribution is 14.1. The Bertz CT molecular complexity index is 1050. The number of benzene rings is 2. The average Bonchev–Trinajstić information content (AvgIpc) is 3.22. The summed E-state index contributed by atoms with van der Waals surface area (Å²) in [5.74, 6) is -0.694. The first-order valence-electron chi connectivity index (χ1n) is 9.46. The molecule has 30 heavy (non-hydrogen) atoms. The Labute approximate surface area is 194 Å². The van der Waals surface area contributed by atoms with E-state index in [1.54, 1.807) is 18.2 Å². The lowest BCUT2D eigenvalue weighted by Gasteiger charge is -2.19. The third-order valence-corrected chi connectivity index (χ3v) is 5.98. The van der Waals surface area contributed by atoms with Gasteiger partial charge in [0.1, 0.15) is 5.70 Å². The molecule has 2 N–H and O–H groups in total. The van der Waals surface area contributed by atoms with E-state index < -0.39 is 0 Å². The predicted molar refractivity (Wildman–Crippen MR) is 133 cm³/mol. The SMILES string of the molecule is CC(C)(C)c1ccc(C(=O)NC(=Cc2cccs2)C(=O)Nc2ccc(I)cc2)cc1. The van der Waals surface area contributed by atoms with Gasteiger partial charge < -0.3 is 10.6 Å². The van der Waals surface area contributed by atoms with Crippen LogP contribution in [0.1, 0.15) is 41.6 Å².